The lowest BCUT2D eigenvalue weighted by molar-refractivity contribution is 0.520. The van der Waals surface area contributed by atoms with Gasteiger partial charge >= 0.3 is 0 Å². The first-order valence-corrected chi connectivity index (χ1v) is 7.34. The number of hydrogen-bond acceptors (Lipinski definition) is 5. The molecular weight excluding hydrogens is 278 g/mol. The Labute approximate surface area is 117 Å². The van der Waals surface area contributed by atoms with Crippen molar-refractivity contribution in [2.45, 2.75) is 24.4 Å². The molecule has 0 aliphatic carbocycles. The van der Waals surface area contributed by atoms with Gasteiger partial charge in [0.15, 0.2) is 5.69 Å². The first-order valence-electron chi connectivity index (χ1n) is 5.86. The summed E-state index contributed by atoms with van der Waals surface area (Å²) in [6.45, 7) is 2.18. The predicted octanol–water partition coefficient (Wildman–Crippen LogP) is 0.517. The molecule has 104 valence electrons. The van der Waals surface area contributed by atoms with Crippen molar-refractivity contribution < 1.29 is 8.42 Å². The van der Waals surface area contributed by atoms with Crippen LogP contribution in [0, 0.1) is 11.3 Å². The zero-order valence-corrected chi connectivity index (χ0v) is 11.6. The lowest BCUT2D eigenvalue weighted by atomic mass is 10.4. The first kappa shape index (κ1) is 14.2. The summed E-state index contributed by atoms with van der Waals surface area (Å²) in [5.74, 6) is 0. The Bertz CT molecular complexity index is 719. The second-order valence-corrected chi connectivity index (χ2v) is 5.93. The third kappa shape index (κ3) is 3.20. The zero-order valence-electron chi connectivity index (χ0n) is 10.8. The average Bonchev–Trinajstić information content (AvgIpc) is 2.90. The van der Waals surface area contributed by atoms with Crippen LogP contribution < -0.4 is 4.72 Å². The van der Waals surface area contributed by atoms with Crippen LogP contribution in [0.4, 0.5) is 0 Å². The summed E-state index contributed by atoms with van der Waals surface area (Å²) < 4.78 is 28.7. The fraction of sp³-hybridized carbons (Fsp3) is 0.250. The van der Waals surface area contributed by atoms with E-state index in [0.717, 1.165) is 0 Å². The fourth-order valence-corrected chi connectivity index (χ4v) is 3.11. The van der Waals surface area contributed by atoms with Crippen molar-refractivity contribution in [3.8, 4) is 6.07 Å². The number of nitriles is 1. The molecule has 0 saturated heterocycles. The molecule has 1 N–H and O–H groups in total. The minimum atomic E-state index is -3.77. The number of aromatic nitrogens is 3. The average molecular weight is 291 g/mol. The molecule has 0 aliphatic rings. The lowest BCUT2D eigenvalue weighted by Crippen LogP contribution is -2.35. The molecule has 20 heavy (non-hydrogen) atoms. The van der Waals surface area contributed by atoms with Gasteiger partial charge in [-0.2, -0.15) is 5.26 Å². The molecule has 0 aliphatic heterocycles. The highest BCUT2D eigenvalue weighted by Crippen LogP contribution is 2.12. The van der Waals surface area contributed by atoms with E-state index < -0.39 is 10.0 Å². The largest absolute Gasteiger partial charge is 0.336 e. The summed E-state index contributed by atoms with van der Waals surface area (Å²) in [5, 5.41) is 8.91. The molecule has 0 radical (unpaired) electrons. The molecule has 2 aromatic heterocycles. The second-order valence-electron chi connectivity index (χ2n) is 4.24. The van der Waals surface area contributed by atoms with Gasteiger partial charge in [0.2, 0.25) is 10.0 Å². The van der Waals surface area contributed by atoms with Gasteiger partial charge < -0.3 is 4.57 Å². The Kier molecular flexibility index (Phi) is 4.12. The maximum atomic E-state index is 12.2. The maximum absolute atomic E-state index is 12.2. The smallest absolute Gasteiger partial charge is 0.243 e. The van der Waals surface area contributed by atoms with Gasteiger partial charge in [-0.1, -0.05) is 0 Å². The summed E-state index contributed by atoms with van der Waals surface area (Å²) in [4.78, 5) is 7.53. The van der Waals surface area contributed by atoms with Gasteiger partial charge in [0.05, 0.1) is 6.33 Å². The molecule has 0 fully saturated rings. The van der Waals surface area contributed by atoms with Gasteiger partial charge in [0.25, 0.3) is 0 Å². The standard InChI is InChI=1S/C12H13N5O2S/c1-10(8-17-6-5-14-9-17)16-20(18,19)12-3-2-4-15-11(12)7-13/h2-6,9-10,16H,8H2,1H3. The number of imidazole rings is 1. The van der Waals surface area contributed by atoms with E-state index >= 15 is 0 Å². The Morgan fingerprint density at radius 1 is 1.50 bits per heavy atom. The van der Waals surface area contributed by atoms with Gasteiger partial charge in [0, 0.05) is 31.2 Å². The minimum Gasteiger partial charge on any atom is -0.336 e. The van der Waals surface area contributed by atoms with E-state index in [1.807, 2.05) is 0 Å². The maximum Gasteiger partial charge on any atom is 0.243 e. The van der Waals surface area contributed by atoms with Gasteiger partial charge in [-0.3, -0.25) is 0 Å². The van der Waals surface area contributed by atoms with E-state index in [-0.39, 0.29) is 16.6 Å². The zero-order chi connectivity index (χ0) is 14.6. The van der Waals surface area contributed by atoms with Gasteiger partial charge in [0.1, 0.15) is 11.0 Å². The van der Waals surface area contributed by atoms with Crippen molar-refractivity contribution in [3.05, 3.63) is 42.7 Å². The predicted molar refractivity (Wildman–Crippen MR) is 71.0 cm³/mol. The molecule has 2 aromatic rings. The summed E-state index contributed by atoms with van der Waals surface area (Å²) >= 11 is 0. The number of pyridine rings is 1. The highest BCUT2D eigenvalue weighted by Gasteiger charge is 2.21. The number of sulfonamides is 1. The van der Waals surface area contributed by atoms with Crippen LogP contribution >= 0.6 is 0 Å². The number of nitrogens with zero attached hydrogens (tertiary/aromatic N) is 4. The van der Waals surface area contributed by atoms with Crippen LogP contribution in [0.5, 0.6) is 0 Å². The van der Waals surface area contributed by atoms with Crippen LogP contribution in [0.25, 0.3) is 0 Å². The van der Waals surface area contributed by atoms with Gasteiger partial charge in [-0.25, -0.2) is 23.1 Å². The minimum absolute atomic E-state index is 0.111. The molecule has 0 saturated carbocycles. The van der Waals surface area contributed by atoms with Crippen LogP contribution in [0.1, 0.15) is 12.6 Å². The summed E-state index contributed by atoms with van der Waals surface area (Å²) in [5.41, 5.74) is -0.116. The Hall–Kier alpha value is -2.24. The Morgan fingerprint density at radius 2 is 2.30 bits per heavy atom. The number of hydrogen-bond donors (Lipinski definition) is 1. The molecule has 1 atom stereocenters. The van der Waals surface area contributed by atoms with E-state index in [9.17, 15) is 8.42 Å². The van der Waals surface area contributed by atoms with Crippen molar-refractivity contribution in [2.24, 2.45) is 0 Å². The fourth-order valence-electron chi connectivity index (χ4n) is 1.77. The molecule has 7 nitrogen and oxygen atoms in total. The molecule has 8 heteroatoms. The van der Waals surface area contributed by atoms with Crippen LogP contribution in [0.15, 0.2) is 41.9 Å². The van der Waals surface area contributed by atoms with E-state index in [1.165, 1.54) is 18.3 Å². The quantitative estimate of drug-likeness (QED) is 0.865. The molecule has 0 bridgehead atoms. The molecule has 0 aromatic carbocycles. The van der Waals surface area contributed by atoms with E-state index in [4.69, 9.17) is 5.26 Å². The molecule has 0 spiro atoms. The van der Waals surface area contributed by atoms with Crippen molar-refractivity contribution >= 4 is 10.0 Å². The highest BCUT2D eigenvalue weighted by molar-refractivity contribution is 7.89. The molecule has 1 unspecified atom stereocenters. The molecular formula is C12H13N5O2S. The first-order chi connectivity index (χ1) is 9.53. The summed E-state index contributed by atoms with van der Waals surface area (Å²) in [6.07, 6.45) is 6.35. The SMILES string of the molecule is CC(Cn1ccnc1)NS(=O)(=O)c1cccnc1C#N. The topological polar surface area (TPSA) is 101 Å². The molecule has 2 rings (SSSR count). The van der Waals surface area contributed by atoms with Crippen molar-refractivity contribution in [3.63, 3.8) is 0 Å². The van der Waals surface area contributed by atoms with Crippen molar-refractivity contribution in [2.75, 3.05) is 0 Å². The van der Waals surface area contributed by atoms with Crippen LogP contribution in [-0.2, 0) is 16.6 Å². The van der Waals surface area contributed by atoms with E-state index in [0.29, 0.717) is 6.54 Å². The molecule has 0 amide bonds. The Balaban J connectivity index is 2.17. The number of rotatable bonds is 5. The van der Waals surface area contributed by atoms with E-state index in [1.54, 1.807) is 36.3 Å². The summed E-state index contributed by atoms with van der Waals surface area (Å²) in [7, 11) is -3.77. The lowest BCUT2D eigenvalue weighted by Gasteiger charge is -2.15. The van der Waals surface area contributed by atoms with Crippen LogP contribution in [0.2, 0.25) is 0 Å². The normalized spacial score (nSPS) is 12.8. The third-order valence-corrected chi connectivity index (χ3v) is 4.19. The highest BCUT2D eigenvalue weighted by atomic mass is 32.2. The van der Waals surface area contributed by atoms with Crippen LogP contribution in [0.3, 0.4) is 0 Å². The third-order valence-electron chi connectivity index (χ3n) is 2.57. The van der Waals surface area contributed by atoms with E-state index in [2.05, 4.69) is 14.7 Å². The molecule has 2 heterocycles. The van der Waals surface area contributed by atoms with Crippen molar-refractivity contribution in [1.29, 1.82) is 5.26 Å². The number of nitrogens with one attached hydrogen (secondary N) is 1. The van der Waals surface area contributed by atoms with Crippen LogP contribution in [-0.4, -0.2) is 29.0 Å². The monoisotopic (exact) mass is 291 g/mol. The van der Waals surface area contributed by atoms with Gasteiger partial charge in [-0.05, 0) is 19.1 Å². The van der Waals surface area contributed by atoms with Gasteiger partial charge in [-0.15, -0.1) is 0 Å². The summed E-state index contributed by atoms with van der Waals surface area (Å²) in [6, 6.07) is 4.27. The Morgan fingerprint density at radius 3 is 2.95 bits per heavy atom. The van der Waals surface area contributed by atoms with Crippen molar-refractivity contribution in [1.82, 2.24) is 19.3 Å². The second kappa shape index (κ2) is 5.81.